The van der Waals surface area contributed by atoms with Crippen molar-refractivity contribution >= 4 is 21.8 Å². The van der Waals surface area contributed by atoms with E-state index in [4.69, 9.17) is 9.72 Å². The van der Waals surface area contributed by atoms with Crippen molar-refractivity contribution in [2.24, 2.45) is 0 Å². The molecule has 0 aliphatic carbocycles. The number of alkyl halides is 3. The number of amides is 1. The van der Waals surface area contributed by atoms with Crippen LogP contribution < -0.4 is 10.3 Å². The summed E-state index contributed by atoms with van der Waals surface area (Å²) in [4.78, 5) is 44.5. The van der Waals surface area contributed by atoms with Gasteiger partial charge in [-0.3, -0.25) is 9.59 Å². The molecule has 0 radical (unpaired) electrons. The monoisotopic (exact) mass is 674 g/mol. The SMILES string of the molecule is Cc1cc(C)n(-c2nc3c(c(=O)n2-c2ncc(OCCN(C)C)cn2)CC(C)N(C(=O)c2ccc(Br)c(C(F)(F)F)c2)C3)n1. The smallest absolute Gasteiger partial charge is 0.417 e. The van der Waals surface area contributed by atoms with Crippen LogP contribution in [0.5, 0.6) is 5.75 Å². The molecule has 5 rings (SSSR count). The van der Waals surface area contributed by atoms with Crippen molar-refractivity contribution in [3.63, 3.8) is 0 Å². The molecule has 1 amide bonds. The van der Waals surface area contributed by atoms with Crippen molar-refractivity contribution in [3.05, 3.63) is 85.3 Å². The van der Waals surface area contributed by atoms with Crippen molar-refractivity contribution in [1.29, 1.82) is 0 Å². The van der Waals surface area contributed by atoms with Crippen LogP contribution >= 0.6 is 15.9 Å². The van der Waals surface area contributed by atoms with Gasteiger partial charge in [0, 0.05) is 33.9 Å². The van der Waals surface area contributed by atoms with E-state index in [9.17, 15) is 22.8 Å². The van der Waals surface area contributed by atoms with Gasteiger partial charge in [0.15, 0.2) is 5.75 Å². The Hall–Kier alpha value is -4.11. The number of ether oxygens (including phenoxy) is 1. The maximum atomic E-state index is 14.1. The molecule has 11 nitrogen and oxygen atoms in total. The number of aryl methyl sites for hydroxylation is 2. The van der Waals surface area contributed by atoms with Gasteiger partial charge in [-0.05, 0) is 65.6 Å². The fourth-order valence-electron chi connectivity index (χ4n) is 4.96. The third kappa shape index (κ3) is 6.24. The summed E-state index contributed by atoms with van der Waals surface area (Å²) in [5, 5.41) is 4.51. The van der Waals surface area contributed by atoms with Crippen molar-refractivity contribution in [1.82, 2.24) is 39.1 Å². The van der Waals surface area contributed by atoms with Crippen LogP contribution in [0.3, 0.4) is 0 Å². The minimum absolute atomic E-state index is 0.0634. The highest BCUT2D eigenvalue weighted by Gasteiger charge is 2.36. The van der Waals surface area contributed by atoms with Crippen LogP contribution in [0.2, 0.25) is 0 Å². The second-order valence-electron chi connectivity index (χ2n) is 10.9. The molecule has 1 aliphatic rings. The van der Waals surface area contributed by atoms with E-state index in [1.807, 2.05) is 32.0 Å². The lowest BCUT2D eigenvalue weighted by molar-refractivity contribution is -0.138. The summed E-state index contributed by atoms with van der Waals surface area (Å²) in [6.45, 7) is 6.38. The number of carbonyl (C=O) groups excluding carboxylic acids is 1. The Morgan fingerprint density at radius 2 is 1.86 bits per heavy atom. The first-order valence-corrected chi connectivity index (χ1v) is 14.5. The summed E-state index contributed by atoms with van der Waals surface area (Å²) in [5.41, 5.74) is 0.553. The molecule has 15 heteroatoms. The fraction of sp³-hybridized carbons (Fsp3) is 0.379. The Bertz CT molecular complexity index is 1770. The topological polar surface area (TPSA) is 111 Å². The summed E-state index contributed by atoms with van der Waals surface area (Å²) in [6, 6.07) is 4.68. The molecule has 0 fully saturated rings. The Balaban J connectivity index is 1.56. The van der Waals surface area contributed by atoms with Crippen molar-refractivity contribution in [2.45, 2.75) is 46.0 Å². The molecule has 1 atom stereocenters. The molecule has 0 bridgehead atoms. The zero-order chi connectivity index (χ0) is 31.9. The Kier molecular flexibility index (Phi) is 8.62. The Morgan fingerprint density at radius 1 is 1.16 bits per heavy atom. The van der Waals surface area contributed by atoms with Gasteiger partial charge in [-0.25, -0.2) is 24.2 Å². The van der Waals surface area contributed by atoms with Crippen LogP contribution in [-0.4, -0.2) is 78.3 Å². The maximum Gasteiger partial charge on any atom is 0.417 e. The number of benzene rings is 1. The largest absolute Gasteiger partial charge is 0.489 e. The highest BCUT2D eigenvalue weighted by Crippen LogP contribution is 2.36. The summed E-state index contributed by atoms with van der Waals surface area (Å²) >= 11 is 2.92. The number of likely N-dealkylation sites (N-methyl/N-ethyl adjacent to an activating group) is 1. The van der Waals surface area contributed by atoms with E-state index in [1.165, 1.54) is 38.7 Å². The first-order chi connectivity index (χ1) is 20.7. The number of aromatic nitrogens is 6. The molecule has 0 saturated carbocycles. The van der Waals surface area contributed by atoms with Gasteiger partial charge in [-0.2, -0.15) is 18.3 Å². The van der Waals surface area contributed by atoms with E-state index >= 15 is 0 Å². The van der Waals surface area contributed by atoms with Crippen LogP contribution in [0.15, 0.2) is 45.9 Å². The van der Waals surface area contributed by atoms with Crippen LogP contribution in [0, 0.1) is 13.8 Å². The summed E-state index contributed by atoms with van der Waals surface area (Å²) in [7, 11) is 3.86. The van der Waals surface area contributed by atoms with Gasteiger partial charge in [-0.15, -0.1) is 0 Å². The molecular weight excluding hydrogens is 645 g/mol. The molecule has 0 spiro atoms. The van der Waals surface area contributed by atoms with Gasteiger partial charge in [0.05, 0.1) is 35.9 Å². The lowest BCUT2D eigenvalue weighted by Crippen LogP contribution is -2.46. The molecule has 0 saturated heterocycles. The second-order valence-corrected chi connectivity index (χ2v) is 11.7. The van der Waals surface area contributed by atoms with Crippen molar-refractivity contribution < 1.29 is 22.7 Å². The Labute approximate surface area is 259 Å². The van der Waals surface area contributed by atoms with Crippen molar-refractivity contribution in [3.8, 4) is 17.6 Å². The van der Waals surface area contributed by atoms with Gasteiger partial charge in [0.25, 0.3) is 11.5 Å². The molecule has 232 valence electrons. The molecule has 1 aliphatic heterocycles. The van der Waals surface area contributed by atoms with Gasteiger partial charge in [0.1, 0.15) is 6.61 Å². The van der Waals surface area contributed by atoms with E-state index < -0.39 is 29.2 Å². The number of rotatable bonds is 7. The van der Waals surface area contributed by atoms with Crippen molar-refractivity contribution in [2.75, 3.05) is 27.2 Å². The molecular formula is C29H30BrF3N8O3. The average Bonchev–Trinajstić information content (AvgIpc) is 3.30. The summed E-state index contributed by atoms with van der Waals surface area (Å²) in [6.07, 6.45) is -1.57. The molecule has 0 N–H and O–H groups in total. The zero-order valence-electron chi connectivity index (χ0n) is 24.7. The van der Waals surface area contributed by atoms with Gasteiger partial charge in [0.2, 0.25) is 11.9 Å². The number of hydrogen-bond donors (Lipinski definition) is 0. The summed E-state index contributed by atoms with van der Waals surface area (Å²) in [5.74, 6) is 0.0127. The van der Waals surface area contributed by atoms with Crippen LogP contribution in [0.25, 0.3) is 11.9 Å². The molecule has 1 aromatic carbocycles. The number of fused-ring (bicyclic) bond motifs is 1. The minimum atomic E-state index is -4.64. The lowest BCUT2D eigenvalue weighted by atomic mass is 9.98. The number of nitrogens with zero attached hydrogens (tertiary/aromatic N) is 8. The third-order valence-electron chi connectivity index (χ3n) is 7.20. The minimum Gasteiger partial charge on any atom is -0.489 e. The van der Waals surface area contributed by atoms with Gasteiger partial charge < -0.3 is 14.5 Å². The maximum absolute atomic E-state index is 14.1. The van der Waals surface area contributed by atoms with E-state index in [-0.39, 0.29) is 34.9 Å². The highest BCUT2D eigenvalue weighted by molar-refractivity contribution is 9.10. The predicted octanol–water partition coefficient (Wildman–Crippen LogP) is 4.13. The normalized spacial score (nSPS) is 15.0. The Morgan fingerprint density at radius 3 is 2.48 bits per heavy atom. The van der Waals surface area contributed by atoms with Gasteiger partial charge >= 0.3 is 6.18 Å². The van der Waals surface area contributed by atoms with Crippen LogP contribution in [-0.2, 0) is 19.1 Å². The quantitative estimate of drug-likeness (QED) is 0.288. The lowest BCUT2D eigenvalue weighted by Gasteiger charge is -2.34. The van der Waals surface area contributed by atoms with E-state index in [1.54, 1.807) is 13.8 Å². The molecule has 4 aromatic rings. The zero-order valence-corrected chi connectivity index (χ0v) is 26.3. The second kappa shape index (κ2) is 12.1. The van der Waals surface area contributed by atoms with E-state index in [2.05, 4.69) is 31.0 Å². The molecule has 1 unspecified atom stereocenters. The van der Waals surface area contributed by atoms with E-state index in [0.717, 1.165) is 6.07 Å². The summed E-state index contributed by atoms with van der Waals surface area (Å²) < 4.78 is 48.9. The number of hydrogen-bond acceptors (Lipinski definition) is 8. The molecule has 44 heavy (non-hydrogen) atoms. The van der Waals surface area contributed by atoms with Gasteiger partial charge in [-0.1, -0.05) is 15.9 Å². The standard InChI is InChI=1S/C29H30BrF3N8O3/c1-16-10-18(3)41(37-16)28-36-24-15-39(25(42)19-6-7-23(30)22(12-19)29(31,32)33)17(2)11-21(24)26(43)40(28)27-34-13-20(14-35-27)44-9-8-38(4)5/h6-7,10,12-14,17H,8-9,11,15H2,1-5H3. The first kappa shape index (κ1) is 31.3. The third-order valence-corrected chi connectivity index (χ3v) is 7.89. The molecule has 4 heterocycles. The fourth-order valence-corrected chi connectivity index (χ4v) is 5.43. The number of carbonyl (C=O) groups is 1. The first-order valence-electron chi connectivity index (χ1n) is 13.7. The number of halogens is 4. The van der Waals surface area contributed by atoms with Crippen LogP contribution in [0.1, 0.15) is 45.5 Å². The van der Waals surface area contributed by atoms with Crippen LogP contribution in [0.4, 0.5) is 13.2 Å². The van der Waals surface area contributed by atoms with E-state index in [0.29, 0.717) is 41.5 Å². The molecule has 3 aromatic heterocycles. The predicted molar refractivity (Wildman–Crippen MR) is 158 cm³/mol. The average molecular weight is 676 g/mol. The highest BCUT2D eigenvalue weighted by atomic mass is 79.9.